The number of benzene rings is 3. The Balaban J connectivity index is 1.27. The van der Waals surface area contributed by atoms with Crippen molar-refractivity contribution in [3.63, 3.8) is 0 Å². The summed E-state index contributed by atoms with van der Waals surface area (Å²) in [4.78, 5) is 13.6. The van der Waals surface area contributed by atoms with Crippen LogP contribution in [0.5, 0.6) is 5.75 Å². The molecule has 1 fully saturated rings. The van der Waals surface area contributed by atoms with Crippen molar-refractivity contribution >= 4 is 22.4 Å². The van der Waals surface area contributed by atoms with E-state index in [-0.39, 0.29) is 18.8 Å². The van der Waals surface area contributed by atoms with Gasteiger partial charge in [-0.15, -0.1) is 0 Å². The minimum atomic E-state index is -0.390. The van der Waals surface area contributed by atoms with Gasteiger partial charge < -0.3 is 24.4 Å². The molecule has 1 unspecified atom stereocenters. The fourth-order valence-corrected chi connectivity index (χ4v) is 4.28. The third-order valence-electron chi connectivity index (χ3n) is 6.13. The summed E-state index contributed by atoms with van der Waals surface area (Å²) in [5, 5.41) is 6.25. The molecule has 3 aromatic rings. The first-order valence-corrected chi connectivity index (χ1v) is 11.5. The number of morpholine rings is 1. The van der Waals surface area contributed by atoms with Crippen molar-refractivity contribution in [2.45, 2.75) is 25.5 Å². The normalized spacial score (nSPS) is 17.0. The van der Waals surface area contributed by atoms with Crippen LogP contribution in [0.15, 0.2) is 66.7 Å². The van der Waals surface area contributed by atoms with E-state index in [0.29, 0.717) is 12.4 Å². The number of hydrogen-bond acceptors (Lipinski definition) is 6. The van der Waals surface area contributed by atoms with Gasteiger partial charge in [0.05, 0.1) is 19.8 Å². The maximum atomic E-state index is 11.2. The molecule has 6 nitrogen and oxygen atoms in total. The van der Waals surface area contributed by atoms with E-state index in [1.54, 1.807) is 0 Å². The lowest BCUT2D eigenvalue weighted by Crippen LogP contribution is -2.43. The van der Waals surface area contributed by atoms with Gasteiger partial charge >= 0.3 is 5.97 Å². The summed E-state index contributed by atoms with van der Waals surface area (Å²) >= 11 is 0. The Hall–Kier alpha value is -3.09. The molecule has 0 saturated carbocycles. The highest BCUT2D eigenvalue weighted by Crippen LogP contribution is 2.25. The molecular formula is C27H32N2O4. The van der Waals surface area contributed by atoms with Crippen LogP contribution in [0.25, 0.3) is 10.8 Å². The monoisotopic (exact) mass is 448 g/mol. The van der Waals surface area contributed by atoms with Crippen molar-refractivity contribution in [2.75, 3.05) is 44.9 Å². The zero-order valence-electron chi connectivity index (χ0n) is 19.3. The number of ether oxygens (including phenoxy) is 3. The van der Waals surface area contributed by atoms with E-state index in [9.17, 15) is 4.79 Å². The summed E-state index contributed by atoms with van der Waals surface area (Å²) in [6.07, 6.45) is 1.13. The van der Waals surface area contributed by atoms with Crippen LogP contribution in [-0.2, 0) is 14.3 Å². The van der Waals surface area contributed by atoms with Gasteiger partial charge in [-0.05, 0) is 60.5 Å². The van der Waals surface area contributed by atoms with Gasteiger partial charge in [-0.1, -0.05) is 42.5 Å². The molecule has 3 aromatic carbocycles. The topological polar surface area (TPSA) is 60.0 Å². The number of nitrogens with zero attached hydrogens (tertiary/aromatic N) is 1. The first-order chi connectivity index (χ1) is 16.1. The molecule has 4 rings (SSSR count). The Labute approximate surface area is 195 Å². The number of fused-ring (bicyclic) bond motifs is 1. The van der Waals surface area contributed by atoms with Gasteiger partial charge in [-0.25, -0.2) is 4.79 Å². The second kappa shape index (κ2) is 11.2. The third-order valence-corrected chi connectivity index (χ3v) is 6.13. The van der Waals surface area contributed by atoms with Gasteiger partial charge in [0, 0.05) is 24.8 Å². The Morgan fingerprint density at radius 3 is 2.73 bits per heavy atom. The zero-order valence-corrected chi connectivity index (χ0v) is 19.3. The molecule has 0 amide bonds. The van der Waals surface area contributed by atoms with Crippen molar-refractivity contribution in [1.29, 1.82) is 0 Å². The van der Waals surface area contributed by atoms with E-state index in [1.165, 1.54) is 23.4 Å². The SMILES string of the molecule is COC(=O)COc1ccc(N2CCOC(CCN[C@H](C)c3cccc4ccccc34)C2)cc1. The summed E-state index contributed by atoms with van der Waals surface area (Å²) in [5.74, 6) is 0.263. The fraction of sp³-hybridized carbons (Fsp3) is 0.370. The molecule has 0 aromatic heterocycles. The lowest BCUT2D eigenvalue weighted by Gasteiger charge is -2.35. The number of rotatable bonds is 9. The van der Waals surface area contributed by atoms with Crippen LogP contribution < -0.4 is 15.0 Å². The van der Waals surface area contributed by atoms with Crippen LogP contribution >= 0.6 is 0 Å². The van der Waals surface area contributed by atoms with E-state index >= 15 is 0 Å². The lowest BCUT2D eigenvalue weighted by molar-refractivity contribution is -0.142. The predicted octanol–water partition coefficient (Wildman–Crippen LogP) is 4.34. The average Bonchev–Trinajstić information content (AvgIpc) is 2.87. The maximum absolute atomic E-state index is 11.2. The summed E-state index contributed by atoms with van der Waals surface area (Å²) in [7, 11) is 1.35. The predicted molar refractivity (Wildman–Crippen MR) is 131 cm³/mol. The van der Waals surface area contributed by atoms with Crippen molar-refractivity contribution in [2.24, 2.45) is 0 Å². The molecule has 174 valence electrons. The first kappa shape index (κ1) is 23.1. The first-order valence-electron chi connectivity index (χ1n) is 11.5. The van der Waals surface area contributed by atoms with Gasteiger partial charge in [0.15, 0.2) is 6.61 Å². The van der Waals surface area contributed by atoms with E-state index in [1.807, 2.05) is 24.3 Å². The summed E-state index contributed by atoms with van der Waals surface area (Å²) < 4.78 is 16.1. The number of esters is 1. The molecule has 1 N–H and O–H groups in total. The summed E-state index contributed by atoms with van der Waals surface area (Å²) in [5.41, 5.74) is 2.46. The Bertz CT molecular complexity index is 1050. The Morgan fingerprint density at radius 2 is 1.91 bits per heavy atom. The Morgan fingerprint density at radius 1 is 1.12 bits per heavy atom. The molecule has 33 heavy (non-hydrogen) atoms. The molecule has 1 saturated heterocycles. The second-order valence-electron chi connectivity index (χ2n) is 8.33. The van der Waals surface area contributed by atoms with Crippen LogP contribution in [0.3, 0.4) is 0 Å². The molecule has 6 heteroatoms. The number of carbonyl (C=O) groups excluding carboxylic acids is 1. The van der Waals surface area contributed by atoms with Gasteiger partial charge in [-0.2, -0.15) is 0 Å². The molecule has 0 radical (unpaired) electrons. The quantitative estimate of drug-likeness (QED) is 0.492. The van der Waals surface area contributed by atoms with Gasteiger partial charge in [-0.3, -0.25) is 0 Å². The molecular weight excluding hydrogens is 416 g/mol. The van der Waals surface area contributed by atoms with E-state index in [4.69, 9.17) is 9.47 Å². The summed E-state index contributed by atoms with van der Waals surface area (Å²) in [6, 6.07) is 23.1. The fourth-order valence-electron chi connectivity index (χ4n) is 4.28. The van der Waals surface area contributed by atoms with Crippen molar-refractivity contribution < 1.29 is 19.0 Å². The largest absolute Gasteiger partial charge is 0.482 e. The smallest absolute Gasteiger partial charge is 0.343 e. The number of nitrogens with one attached hydrogen (secondary N) is 1. The van der Waals surface area contributed by atoms with Crippen LogP contribution in [-0.4, -0.2) is 52.0 Å². The zero-order chi connectivity index (χ0) is 23.0. The van der Waals surface area contributed by atoms with Gasteiger partial charge in [0.1, 0.15) is 5.75 Å². The van der Waals surface area contributed by atoms with Gasteiger partial charge in [0.25, 0.3) is 0 Å². The van der Waals surface area contributed by atoms with Crippen LogP contribution in [0.4, 0.5) is 5.69 Å². The average molecular weight is 449 g/mol. The van der Waals surface area contributed by atoms with Crippen LogP contribution in [0.1, 0.15) is 24.9 Å². The molecule has 1 aliphatic rings. The van der Waals surface area contributed by atoms with E-state index in [0.717, 1.165) is 31.7 Å². The number of methoxy groups -OCH3 is 1. The highest BCUT2D eigenvalue weighted by atomic mass is 16.6. The molecule has 0 spiro atoms. The van der Waals surface area contributed by atoms with E-state index in [2.05, 4.69) is 64.3 Å². The van der Waals surface area contributed by atoms with E-state index < -0.39 is 5.97 Å². The minimum absolute atomic E-state index is 0.0837. The van der Waals surface area contributed by atoms with Gasteiger partial charge in [0.2, 0.25) is 0 Å². The van der Waals surface area contributed by atoms with Crippen molar-refractivity contribution in [3.8, 4) is 5.75 Å². The second-order valence-corrected chi connectivity index (χ2v) is 8.33. The van der Waals surface area contributed by atoms with Crippen molar-refractivity contribution in [1.82, 2.24) is 5.32 Å². The molecule has 0 bridgehead atoms. The number of carbonyl (C=O) groups is 1. The lowest BCUT2D eigenvalue weighted by atomic mass is 9.99. The third kappa shape index (κ3) is 6.03. The molecule has 1 aliphatic heterocycles. The number of hydrogen-bond donors (Lipinski definition) is 1. The number of anilines is 1. The maximum Gasteiger partial charge on any atom is 0.343 e. The minimum Gasteiger partial charge on any atom is -0.482 e. The van der Waals surface area contributed by atoms with Crippen LogP contribution in [0.2, 0.25) is 0 Å². The standard InChI is InChI=1S/C27H32N2O4/c1-20(25-9-5-7-21-6-3-4-8-26(21)25)28-15-14-24-18-29(16-17-32-24)22-10-12-23(13-11-22)33-19-27(30)31-2/h3-13,20,24,28H,14-19H2,1-2H3/t20-,24?/m1/s1. The molecule has 2 atom stereocenters. The highest BCUT2D eigenvalue weighted by Gasteiger charge is 2.21. The highest BCUT2D eigenvalue weighted by molar-refractivity contribution is 5.86. The molecule has 1 heterocycles. The van der Waals surface area contributed by atoms with Crippen LogP contribution in [0, 0.1) is 0 Å². The molecule has 0 aliphatic carbocycles. The Kier molecular flexibility index (Phi) is 7.81. The summed E-state index contributed by atoms with van der Waals surface area (Å²) in [6.45, 7) is 5.46. The van der Waals surface area contributed by atoms with Crippen molar-refractivity contribution in [3.05, 3.63) is 72.3 Å².